The molecule has 1 aliphatic carbocycles. The number of aliphatic hydroxyl groups is 2. The summed E-state index contributed by atoms with van der Waals surface area (Å²) in [5, 5.41) is 27.8. The first kappa shape index (κ1) is 12.7. The Kier molecular flexibility index (Phi) is 2.73. The molecule has 0 aromatic carbocycles. The normalized spacial score (nSPS) is 26.7. The van der Waals surface area contributed by atoms with Crippen LogP contribution in [0.2, 0.25) is 0 Å². The molecule has 7 heteroatoms. The van der Waals surface area contributed by atoms with Crippen LogP contribution in [0.5, 0.6) is 0 Å². The summed E-state index contributed by atoms with van der Waals surface area (Å²) < 4.78 is 2.05. The Morgan fingerprint density at radius 1 is 1.33 bits per heavy atom. The second kappa shape index (κ2) is 4.51. The van der Waals surface area contributed by atoms with E-state index >= 15 is 0 Å². The van der Waals surface area contributed by atoms with Gasteiger partial charge in [0.1, 0.15) is 5.52 Å². The molecule has 0 atom stereocenters. The van der Waals surface area contributed by atoms with Gasteiger partial charge in [-0.05, 0) is 31.7 Å². The topological polar surface area (TPSA) is 99.8 Å². The summed E-state index contributed by atoms with van der Waals surface area (Å²) in [5.41, 5.74) is 1.63. The van der Waals surface area contributed by atoms with E-state index in [1.807, 2.05) is 6.07 Å². The zero-order valence-electron chi connectivity index (χ0n) is 11.5. The highest BCUT2D eigenvalue weighted by Gasteiger charge is 2.34. The van der Waals surface area contributed by atoms with Crippen molar-refractivity contribution in [2.75, 3.05) is 6.61 Å². The molecule has 0 aliphatic heterocycles. The van der Waals surface area contributed by atoms with Gasteiger partial charge in [0.2, 0.25) is 0 Å². The number of aromatic nitrogens is 5. The van der Waals surface area contributed by atoms with Crippen molar-refractivity contribution in [2.24, 2.45) is 0 Å². The van der Waals surface area contributed by atoms with Crippen molar-refractivity contribution in [2.45, 2.75) is 37.3 Å². The van der Waals surface area contributed by atoms with Crippen LogP contribution in [0.1, 0.15) is 31.7 Å². The molecule has 1 aliphatic rings. The van der Waals surface area contributed by atoms with E-state index in [1.165, 1.54) is 0 Å². The lowest BCUT2D eigenvalue weighted by Crippen LogP contribution is -2.38. The van der Waals surface area contributed by atoms with Gasteiger partial charge in [-0.3, -0.25) is 4.68 Å². The van der Waals surface area contributed by atoms with Crippen LogP contribution in [0.15, 0.2) is 18.5 Å². The number of fused-ring (bicyclic) bond motifs is 3. The molecule has 3 heterocycles. The van der Waals surface area contributed by atoms with Crippen LogP contribution >= 0.6 is 0 Å². The molecule has 0 amide bonds. The first-order valence-electron chi connectivity index (χ1n) is 7.19. The first-order chi connectivity index (χ1) is 10.2. The van der Waals surface area contributed by atoms with Crippen LogP contribution in [-0.2, 0) is 0 Å². The fraction of sp³-hybridized carbons (Fsp3) is 0.500. The average molecular weight is 287 g/mol. The summed E-state index contributed by atoms with van der Waals surface area (Å²) in [7, 11) is 0. The smallest absolute Gasteiger partial charge is 0.161 e. The quantitative estimate of drug-likeness (QED) is 0.656. The molecule has 7 nitrogen and oxygen atoms in total. The lowest BCUT2D eigenvalue weighted by molar-refractivity contribution is -0.0508. The molecule has 0 spiro atoms. The van der Waals surface area contributed by atoms with Crippen LogP contribution in [0.25, 0.3) is 22.1 Å². The van der Waals surface area contributed by atoms with Gasteiger partial charge in [-0.2, -0.15) is 5.10 Å². The fourth-order valence-corrected chi connectivity index (χ4v) is 3.25. The Morgan fingerprint density at radius 3 is 2.90 bits per heavy atom. The minimum absolute atomic E-state index is 0.172. The molecule has 3 aromatic rings. The van der Waals surface area contributed by atoms with Gasteiger partial charge in [0.05, 0.1) is 30.0 Å². The molecule has 1 saturated carbocycles. The number of H-pyrrole nitrogens is 1. The molecule has 3 aromatic heterocycles. The van der Waals surface area contributed by atoms with E-state index in [4.69, 9.17) is 0 Å². The number of rotatable bonds is 2. The van der Waals surface area contributed by atoms with Crippen LogP contribution < -0.4 is 0 Å². The van der Waals surface area contributed by atoms with Crippen molar-refractivity contribution >= 4 is 22.1 Å². The minimum Gasteiger partial charge on any atom is -0.393 e. The summed E-state index contributed by atoms with van der Waals surface area (Å²) in [4.78, 5) is 8.52. The third kappa shape index (κ3) is 1.92. The minimum atomic E-state index is -0.925. The first-order valence-corrected chi connectivity index (χ1v) is 7.19. The van der Waals surface area contributed by atoms with Gasteiger partial charge in [-0.15, -0.1) is 0 Å². The maximum absolute atomic E-state index is 10.1. The summed E-state index contributed by atoms with van der Waals surface area (Å²) in [6.07, 6.45) is 6.27. The summed E-state index contributed by atoms with van der Waals surface area (Å²) in [6, 6.07) is 2.19. The largest absolute Gasteiger partial charge is 0.393 e. The fourth-order valence-electron chi connectivity index (χ4n) is 3.25. The number of hydrogen-bond acceptors (Lipinski definition) is 5. The highest BCUT2D eigenvalue weighted by atomic mass is 16.3. The van der Waals surface area contributed by atoms with Gasteiger partial charge in [0, 0.05) is 11.6 Å². The van der Waals surface area contributed by atoms with Gasteiger partial charge in [0.15, 0.2) is 5.65 Å². The second-order valence-corrected chi connectivity index (χ2v) is 5.87. The van der Waals surface area contributed by atoms with Crippen molar-refractivity contribution in [3.8, 4) is 0 Å². The molecule has 3 N–H and O–H groups in total. The highest BCUT2D eigenvalue weighted by molar-refractivity contribution is 6.00. The maximum Gasteiger partial charge on any atom is 0.161 e. The SMILES string of the molecule is OCC1(O)CCC(n2[nH]nc3cnc4nccc4c32)CC1. The van der Waals surface area contributed by atoms with Crippen LogP contribution in [0.3, 0.4) is 0 Å². The van der Waals surface area contributed by atoms with Gasteiger partial charge in [0.25, 0.3) is 0 Å². The predicted molar refractivity (Wildman–Crippen MR) is 76.7 cm³/mol. The number of nitrogens with one attached hydrogen (secondary N) is 1. The molecule has 110 valence electrons. The monoisotopic (exact) mass is 287 g/mol. The van der Waals surface area contributed by atoms with E-state index in [2.05, 4.69) is 25.0 Å². The molecule has 0 radical (unpaired) electrons. The molecule has 0 saturated heterocycles. The maximum atomic E-state index is 10.1. The summed E-state index contributed by atoms with van der Waals surface area (Å²) in [5.74, 6) is 0. The number of pyridine rings is 1. The third-order valence-corrected chi connectivity index (χ3v) is 4.55. The number of aromatic amines is 1. The number of nitrogens with zero attached hydrogens (tertiary/aromatic N) is 4. The molecular weight excluding hydrogens is 270 g/mol. The van der Waals surface area contributed by atoms with Gasteiger partial charge < -0.3 is 10.2 Å². The lowest BCUT2D eigenvalue weighted by Gasteiger charge is -2.34. The average Bonchev–Trinajstić information content (AvgIpc) is 3.13. The van der Waals surface area contributed by atoms with Gasteiger partial charge >= 0.3 is 0 Å². The molecule has 0 unspecified atom stereocenters. The third-order valence-electron chi connectivity index (χ3n) is 4.55. The zero-order valence-corrected chi connectivity index (χ0v) is 11.5. The van der Waals surface area contributed by atoms with Gasteiger partial charge in [-0.25, -0.2) is 15.2 Å². The van der Waals surface area contributed by atoms with Crippen LogP contribution in [0.4, 0.5) is 0 Å². The van der Waals surface area contributed by atoms with Crippen molar-refractivity contribution in [1.82, 2.24) is 25.0 Å². The Hall–Kier alpha value is -1.99. The van der Waals surface area contributed by atoms with Gasteiger partial charge in [-0.1, -0.05) is 0 Å². The molecule has 4 rings (SSSR count). The molecule has 1 fully saturated rings. The van der Waals surface area contributed by atoms with Crippen LogP contribution in [0, 0.1) is 0 Å². The number of aliphatic hydroxyl groups excluding tert-OH is 1. The van der Waals surface area contributed by atoms with E-state index in [-0.39, 0.29) is 12.6 Å². The van der Waals surface area contributed by atoms with Crippen molar-refractivity contribution in [3.05, 3.63) is 18.5 Å². The number of hydrogen-bond donors (Lipinski definition) is 3. The second-order valence-electron chi connectivity index (χ2n) is 5.87. The zero-order chi connectivity index (χ0) is 14.4. The molecule has 21 heavy (non-hydrogen) atoms. The molecule has 0 bridgehead atoms. The Labute approximate surface area is 120 Å². The lowest BCUT2D eigenvalue weighted by atomic mass is 9.83. The van der Waals surface area contributed by atoms with E-state index in [1.54, 1.807) is 12.4 Å². The standard InChI is InChI=1S/C14H17N5O2/c20-8-14(21)4-1-9(2-5-14)19-12-10-3-6-15-13(10)16-7-11(12)17-18-19/h3,6-7,9,18,20-21H,1-2,4-5,8H2. The van der Waals surface area contributed by atoms with Crippen molar-refractivity contribution in [3.63, 3.8) is 0 Å². The van der Waals surface area contributed by atoms with E-state index < -0.39 is 5.60 Å². The van der Waals surface area contributed by atoms with E-state index in [9.17, 15) is 10.2 Å². The Morgan fingerprint density at radius 2 is 2.14 bits per heavy atom. The molecular formula is C14H17N5O2. The summed E-state index contributed by atoms with van der Waals surface area (Å²) >= 11 is 0. The van der Waals surface area contributed by atoms with Crippen molar-refractivity contribution in [1.29, 1.82) is 0 Å². The predicted octanol–water partition coefficient (Wildman–Crippen LogP) is 1.15. The van der Waals surface area contributed by atoms with Crippen LogP contribution in [-0.4, -0.2) is 47.4 Å². The Balaban J connectivity index is 1.76. The Bertz CT molecular complexity index is 785. The summed E-state index contributed by atoms with van der Waals surface area (Å²) in [6.45, 7) is -0.172. The highest BCUT2D eigenvalue weighted by Crippen LogP contribution is 2.36. The van der Waals surface area contributed by atoms with E-state index in [0.717, 1.165) is 34.9 Å². The van der Waals surface area contributed by atoms with Crippen molar-refractivity contribution < 1.29 is 10.2 Å². The van der Waals surface area contributed by atoms with E-state index in [0.29, 0.717) is 12.8 Å².